The maximum absolute atomic E-state index is 13.4. The first kappa shape index (κ1) is 12.8. The van der Waals surface area contributed by atoms with Crippen LogP contribution in [-0.2, 0) is 0 Å². The second-order valence-corrected chi connectivity index (χ2v) is 4.87. The van der Waals surface area contributed by atoms with E-state index in [1.54, 1.807) is 6.07 Å². The zero-order valence-electron chi connectivity index (χ0n) is 10.4. The van der Waals surface area contributed by atoms with Crippen molar-refractivity contribution in [3.8, 4) is 6.07 Å². The Hall–Kier alpha value is -1.60. The summed E-state index contributed by atoms with van der Waals surface area (Å²) >= 11 is 0. The molecule has 0 saturated carbocycles. The Labute approximate surface area is 106 Å². The molecule has 0 bridgehead atoms. The van der Waals surface area contributed by atoms with Crippen LogP contribution in [0, 0.1) is 23.1 Å². The third-order valence-electron chi connectivity index (χ3n) is 3.60. The van der Waals surface area contributed by atoms with Crippen LogP contribution in [0.4, 0.5) is 10.1 Å². The molecule has 1 aliphatic heterocycles. The molecule has 1 aromatic carbocycles. The molecule has 1 unspecified atom stereocenters. The summed E-state index contributed by atoms with van der Waals surface area (Å²) in [5.41, 5.74) is 1.11. The number of aliphatic hydroxyl groups excluding tert-OH is 1. The smallest absolute Gasteiger partial charge is 0.126 e. The molecule has 0 spiro atoms. The van der Waals surface area contributed by atoms with E-state index in [0.717, 1.165) is 31.6 Å². The first-order chi connectivity index (χ1) is 8.60. The van der Waals surface area contributed by atoms with Crippen LogP contribution in [0.1, 0.15) is 25.3 Å². The molecular formula is C14H17FN2O. The number of benzene rings is 1. The summed E-state index contributed by atoms with van der Waals surface area (Å²) in [6, 6.07) is 6.39. The van der Waals surface area contributed by atoms with Crippen molar-refractivity contribution in [3.63, 3.8) is 0 Å². The third-order valence-corrected chi connectivity index (χ3v) is 3.60. The quantitative estimate of drug-likeness (QED) is 0.873. The summed E-state index contributed by atoms with van der Waals surface area (Å²) in [5.74, 6) is -0.0491. The maximum Gasteiger partial charge on any atom is 0.126 e. The average Bonchev–Trinajstić information content (AvgIpc) is 2.38. The van der Waals surface area contributed by atoms with Crippen LogP contribution < -0.4 is 4.90 Å². The highest BCUT2D eigenvalue weighted by Gasteiger charge is 2.23. The highest BCUT2D eigenvalue weighted by atomic mass is 19.1. The summed E-state index contributed by atoms with van der Waals surface area (Å²) in [7, 11) is 0. The Morgan fingerprint density at radius 2 is 2.06 bits per heavy atom. The van der Waals surface area contributed by atoms with Crippen molar-refractivity contribution in [2.75, 3.05) is 18.0 Å². The summed E-state index contributed by atoms with van der Waals surface area (Å²) in [5, 5.41) is 18.4. The van der Waals surface area contributed by atoms with Crippen LogP contribution in [0.2, 0.25) is 0 Å². The predicted octanol–water partition coefficient (Wildman–Crippen LogP) is 2.29. The first-order valence-corrected chi connectivity index (χ1v) is 6.24. The van der Waals surface area contributed by atoms with Gasteiger partial charge in [0.2, 0.25) is 0 Å². The molecule has 0 amide bonds. The van der Waals surface area contributed by atoms with Gasteiger partial charge in [0.25, 0.3) is 0 Å². The van der Waals surface area contributed by atoms with Crippen molar-refractivity contribution in [3.05, 3.63) is 29.6 Å². The van der Waals surface area contributed by atoms with Gasteiger partial charge in [0.15, 0.2) is 0 Å². The first-order valence-electron chi connectivity index (χ1n) is 6.24. The van der Waals surface area contributed by atoms with Crippen LogP contribution in [0.25, 0.3) is 0 Å². The summed E-state index contributed by atoms with van der Waals surface area (Å²) in [6.45, 7) is 3.41. The second kappa shape index (κ2) is 5.36. The molecular weight excluding hydrogens is 231 g/mol. The molecule has 0 radical (unpaired) electrons. The van der Waals surface area contributed by atoms with Gasteiger partial charge in [-0.15, -0.1) is 0 Å². The van der Waals surface area contributed by atoms with Gasteiger partial charge in [-0.3, -0.25) is 0 Å². The molecule has 1 N–H and O–H groups in total. The van der Waals surface area contributed by atoms with Crippen molar-refractivity contribution < 1.29 is 9.50 Å². The molecule has 1 aliphatic rings. The predicted molar refractivity (Wildman–Crippen MR) is 67.7 cm³/mol. The molecule has 1 atom stereocenters. The monoisotopic (exact) mass is 248 g/mol. The largest absolute Gasteiger partial charge is 0.393 e. The van der Waals surface area contributed by atoms with Gasteiger partial charge >= 0.3 is 0 Å². The molecule has 0 aromatic heterocycles. The number of hydrogen-bond donors (Lipinski definition) is 1. The minimum atomic E-state index is -0.373. The molecule has 1 heterocycles. The third kappa shape index (κ3) is 2.80. The van der Waals surface area contributed by atoms with E-state index >= 15 is 0 Å². The van der Waals surface area contributed by atoms with Crippen molar-refractivity contribution in [2.24, 2.45) is 5.92 Å². The maximum atomic E-state index is 13.4. The fraction of sp³-hybridized carbons (Fsp3) is 0.500. The van der Waals surface area contributed by atoms with Crippen LogP contribution in [0.15, 0.2) is 18.2 Å². The standard InChI is InChI=1S/C14H17FN2O/c1-10(18)12-2-4-17(5-3-12)14-7-11(9-16)6-13(15)8-14/h6-8,10,12,18H,2-5H2,1H3. The van der Waals surface area contributed by atoms with E-state index < -0.39 is 0 Å². The van der Waals surface area contributed by atoms with Gasteiger partial charge in [-0.25, -0.2) is 4.39 Å². The molecule has 1 saturated heterocycles. The molecule has 18 heavy (non-hydrogen) atoms. The van der Waals surface area contributed by atoms with E-state index in [0.29, 0.717) is 11.5 Å². The van der Waals surface area contributed by atoms with E-state index in [9.17, 15) is 9.50 Å². The van der Waals surface area contributed by atoms with E-state index in [2.05, 4.69) is 4.90 Å². The van der Waals surface area contributed by atoms with Gasteiger partial charge in [-0.05, 0) is 43.9 Å². The van der Waals surface area contributed by atoms with Crippen molar-refractivity contribution in [1.29, 1.82) is 5.26 Å². The lowest BCUT2D eigenvalue weighted by Gasteiger charge is -2.34. The summed E-state index contributed by atoms with van der Waals surface area (Å²) < 4.78 is 13.4. The molecule has 3 nitrogen and oxygen atoms in total. The summed E-state index contributed by atoms with van der Waals surface area (Å²) in [6.07, 6.45) is 1.51. The molecule has 96 valence electrons. The average molecular weight is 248 g/mol. The fourth-order valence-corrected chi connectivity index (χ4v) is 2.46. The van der Waals surface area contributed by atoms with E-state index in [-0.39, 0.29) is 11.9 Å². The SMILES string of the molecule is CC(O)C1CCN(c2cc(F)cc(C#N)c2)CC1. The van der Waals surface area contributed by atoms with E-state index in [1.807, 2.05) is 13.0 Å². The number of nitriles is 1. The zero-order chi connectivity index (χ0) is 13.1. The van der Waals surface area contributed by atoms with Crippen molar-refractivity contribution in [2.45, 2.75) is 25.9 Å². The van der Waals surface area contributed by atoms with Gasteiger partial charge in [0.05, 0.1) is 17.7 Å². The lowest BCUT2D eigenvalue weighted by atomic mass is 9.92. The van der Waals surface area contributed by atoms with Gasteiger partial charge in [-0.2, -0.15) is 5.26 Å². The van der Waals surface area contributed by atoms with Gasteiger partial charge in [0.1, 0.15) is 5.82 Å². The zero-order valence-corrected chi connectivity index (χ0v) is 10.4. The topological polar surface area (TPSA) is 47.3 Å². The molecule has 0 aliphatic carbocycles. The van der Waals surface area contributed by atoms with E-state index in [1.165, 1.54) is 12.1 Å². The Bertz CT molecular complexity index is 459. The Balaban J connectivity index is 2.10. The molecule has 1 aromatic rings. The molecule has 2 rings (SSSR count). The molecule has 4 heteroatoms. The van der Waals surface area contributed by atoms with Crippen LogP contribution in [0.5, 0.6) is 0 Å². The number of nitrogens with zero attached hydrogens (tertiary/aromatic N) is 2. The van der Waals surface area contributed by atoms with Crippen LogP contribution >= 0.6 is 0 Å². The van der Waals surface area contributed by atoms with Gasteiger partial charge < -0.3 is 10.0 Å². The van der Waals surface area contributed by atoms with Crippen molar-refractivity contribution in [1.82, 2.24) is 0 Å². The number of anilines is 1. The molecule has 1 fully saturated rings. The van der Waals surface area contributed by atoms with Crippen molar-refractivity contribution >= 4 is 5.69 Å². The number of halogens is 1. The minimum absolute atomic E-state index is 0.283. The fourth-order valence-electron chi connectivity index (χ4n) is 2.46. The lowest BCUT2D eigenvalue weighted by Crippen LogP contribution is -2.37. The van der Waals surface area contributed by atoms with Crippen LogP contribution in [0.3, 0.4) is 0 Å². The Morgan fingerprint density at radius 3 is 2.61 bits per heavy atom. The highest BCUT2D eigenvalue weighted by Crippen LogP contribution is 2.26. The highest BCUT2D eigenvalue weighted by molar-refractivity contribution is 5.52. The normalized spacial score (nSPS) is 18.4. The van der Waals surface area contributed by atoms with Gasteiger partial charge in [-0.1, -0.05) is 0 Å². The summed E-state index contributed by atoms with van der Waals surface area (Å²) in [4.78, 5) is 2.07. The number of piperidine rings is 1. The minimum Gasteiger partial charge on any atom is -0.393 e. The Kier molecular flexibility index (Phi) is 3.83. The van der Waals surface area contributed by atoms with E-state index in [4.69, 9.17) is 5.26 Å². The Morgan fingerprint density at radius 1 is 1.39 bits per heavy atom. The lowest BCUT2D eigenvalue weighted by molar-refractivity contribution is 0.110. The van der Waals surface area contributed by atoms with Crippen LogP contribution in [-0.4, -0.2) is 24.3 Å². The van der Waals surface area contributed by atoms with Gasteiger partial charge in [0, 0.05) is 18.8 Å². The number of rotatable bonds is 2. The number of hydrogen-bond acceptors (Lipinski definition) is 3. The second-order valence-electron chi connectivity index (χ2n) is 4.87. The number of aliphatic hydroxyl groups is 1.